The number of amides is 1. The van der Waals surface area contributed by atoms with E-state index in [9.17, 15) is 4.79 Å². The number of nitrogens with zero attached hydrogens (tertiary/aromatic N) is 1. The molecule has 3 nitrogen and oxygen atoms in total. The Labute approximate surface area is 126 Å². The van der Waals surface area contributed by atoms with Crippen LogP contribution in [-0.2, 0) is 0 Å². The molecule has 0 saturated carbocycles. The molecular formula is C18H24N2O. The number of aromatic amines is 1. The lowest BCUT2D eigenvalue weighted by Gasteiger charge is -2.28. The number of carbonyl (C=O) groups is 1. The van der Waals surface area contributed by atoms with Crippen molar-refractivity contribution in [3.8, 4) is 0 Å². The van der Waals surface area contributed by atoms with E-state index in [4.69, 9.17) is 0 Å². The second kappa shape index (κ2) is 5.55. The summed E-state index contributed by atoms with van der Waals surface area (Å²) in [5, 5.41) is 1.11. The van der Waals surface area contributed by atoms with Gasteiger partial charge in [0.1, 0.15) is 5.69 Å². The van der Waals surface area contributed by atoms with Crippen molar-refractivity contribution in [1.29, 1.82) is 0 Å². The average Bonchev–Trinajstić information content (AvgIpc) is 2.78. The summed E-state index contributed by atoms with van der Waals surface area (Å²) >= 11 is 0. The number of likely N-dealkylation sites (tertiary alicyclic amines) is 1. The molecule has 0 aliphatic carbocycles. The number of nitrogens with one attached hydrogen (secondary N) is 1. The first-order chi connectivity index (χ1) is 10.0. The second-order valence-corrected chi connectivity index (χ2v) is 6.62. The van der Waals surface area contributed by atoms with Crippen LogP contribution < -0.4 is 0 Å². The lowest BCUT2D eigenvalue weighted by molar-refractivity contribution is 0.0672. The quantitative estimate of drug-likeness (QED) is 0.840. The molecule has 1 aliphatic rings. The normalized spacial score (nSPS) is 23.3. The van der Waals surface area contributed by atoms with Crippen LogP contribution >= 0.6 is 0 Å². The van der Waals surface area contributed by atoms with E-state index in [1.807, 2.05) is 6.07 Å². The lowest BCUT2D eigenvalue weighted by Crippen LogP contribution is -2.40. The highest BCUT2D eigenvalue weighted by Gasteiger charge is 2.26. The van der Waals surface area contributed by atoms with E-state index in [0.29, 0.717) is 12.0 Å². The maximum absolute atomic E-state index is 12.9. The van der Waals surface area contributed by atoms with Gasteiger partial charge in [-0.15, -0.1) is 0 Å². The summed E-state index contributed by atoms with van der Waals surface area (Å²) in [5.41, 5.74) is 2.98. The van der Waals surface area contributed by atoms with Crippen LogP contribution in [0.25, 0.3) is 10.9 Å². The minimum Gasteiger partial charge on any atom is -0.351 e. The number of H-pyrrole nitrogens is 1. The van der Waals surface area contributed by atoms with Crippen LogP contribution in [0.1, 0.15) is 49.2 Å². The Balaban J connectivity index is 1.91. The Bertz CT molecular complexity index is 658. The van der Waals surface area contributed by atoms with E-state index in [1.165, 1.54) is 18.4 Å². The van der Waals surface area contributed by atoms with Crippen molar-refractivity contribution < 1.29 is 4.79 Å². The Morgan fingerprint density at radius 1 is 1.24 bits per heavy atom. The molecule has 0 spiro atoms. The number of fused-ring (bicyclic) bond motifs is 1. The van der Waals surface area contributed by atoms with Gasteiger partial charge >= 0.3 is 0 Å². The topological polar surface area (TPSA) is 36.1 Å². The standard InChI is InChI=1S/C18H24N2O/c1-12-7-8-15-10-17(19-16(15)9-12)18(21)20-11-13(2)5-4-6-14(20)3/h7-10,13-14,19H,4-6,11H2,1-3H3/t13-,14-/m1/s1. The monoisotopic (exact) mass is 284 g/mol. The van der Waals surface area contributed by atoms with Crippen molar-refractivity contribution in [2.45, 2.75) is 46.1 Å². The summed E-state index contributed by atoms with van der Waals surface area (Å²) in [5.74, 6) is 0.732. The summed E-state index contributed by atoms with van der Waals surface area (Å²) < 4.78 is 0. The van der Waals surface area contributed by atoms with E-state index < -0.39 is 0 Å². The van der Waals surface area contributed by atoms with Crippen molar-refractivity contribution >= 4 is 16.8 Å². The van der Waals surface area contributed by atoms with Crippen LogP contribution in [0, 0.1) is 12.8 Å². The van der Waals surface area contributed by atoms with Gasteiger partial charge in [0.25, 0.3) is 5.91 Å². The van der Waals surface area contributed by atoms with Crippen molar-refractivity contribution in [3.63, 3.8) is 0 Å². The molecule has 3 heteroatoms. The molecule has 2 aromatic rings. The molecule has 0 bridgehead atoms. The highest BCUT2D eigenvalue weighted by molar-refractivity contribution is 5.98. The fourth-order valence-corrected chi connectivity index (χ4v) is 3.32. The maximum atomic E-state index is 12.9. The number of carbonyl (C=O) groups excluding carboxylic acids is 1. The maximum Gasteiger partial charge on any atom is 0.270 e. The first-order valence-corrected chi connectivity index (χ1v) is 7.95. The first-order valence-electron chi connectivity index (χ1n) is 7.95. The summed E-state index contributed by atoms with van der Waals surface area (Å²) in [6.45, 7) is 7.35. The third-order valence-electron chi connectivity index (χ3n) is 4.63. The zero-order chi connectivity index (χ0) is 15.0. The zero-order valence-electron chi connectivity index (χ0n) is 13.1. The van der Waals surface area contributed by atoms with Crippen molar-refractivity contribution in [3.05, 3.63) is 35.5 Å². The third kappa shape index (κ3) is 2.82. The Morgan fingerprint density at radius 2 is 2.05 bits per heavy atom. The molecule has 112 valence electrons. The Morgan fingerprint density at radius 3 is 2.86 bits per heavy atom. The number of aromatic nitrogens is 1. The van der Waals surface area contributed by atoms with Gasteiger partial charge < -0.3 is 9.88 Å². The molecule has 3 rings (SSSR count). The summed E-state index contributed by atoms with van der Waals surface area (Å²) in [6.07, 6.45) is 3.55. The van der Waals surface area contributed by atoms with Gasteiger partial charge in [-0.05, 0) is 50.3 Å². The fourth-order valence-electron chi connectivity index (χ4n) is 3.32. The van der Waals surface area contributed by atoms with Gasteiger partial charge in [0.05, 0.1) is 0 Å². The van der Waals surface area contributed by atoms with Crippen LogP contribution in [0.5, 0.6) is 0 Å². The van der Waals surface area contributed by atoms with E-state index in [2.05, 4.69) is 48.9 Å². The molecule has 1 amide bonds. The number of hydrogen-bond donors (Lipinski definition) is 1. The predicted molar refractivity (Wildman–Crippen MR) is 86.5 cm³/mol. The molecule has 1 fully saturated rings. The molecule has 21 heavy (non-hydrogen) atoms. The second-order valence-electron chi connectivity index (χ2n) is 6.62. The lowest BCUT2D eigenvalue weighted by atomic mass is 10.1. The number of hydrogen-bond acceptors (Lipinski definition) is 1. The van der Waals surface area contributed by atoms with Gasteiger partial charge in [0.2, 0.25) is 0 Å². The number of rotatable bonds is 1. The Hall–Kier alpha value is -1.77. The summed E-state index contributed by atoms with van der Waals surface area (Å²) in [7, 11) is 0. The van der Waals surface area contributed by atoms with Gasteiger partial charge in [0.15, 0.2) is 0 Å². The SMILES string of the molecule is Cc1ccc2cc(C(=O)N3C[C@H](C)CCC[C@H]3C)[nH]c2c1. The van der Waals surface area contributed by atoms with Crippen molar-refractivity contribution in [2.24, 2.45) is 5.92 Å². The fraction of sp³-hybridized carbons (Fsp3) is 0.500. The minimum absolute atomic E-state index is 0.144. The average molecular weight is 284 g/mol. The summed E-state index contributed by atoms with van der Waals surface area (Å²) in [6, 6.07) is 8.57. The first kappa shape index (κ1) is 14.2. The number of benzene rings is 1. The van der Waals surface area contributed by atoms with E-state index in [-0.39, 0.29) is 5.91 Å². The van der Waals surface area contributed by atoms with Crippen LogP contribution in [0.3, 0.4) is 0 Å². The molecular weight excluding hydrogens is 260 g/mol. The molecule has 1 aromatic heterocycles. The van der Waals surface area contributed by atoms with Crippen LogP contribution in [0.15, 0.2) is 24.3 Å². The van der Waals surface area contributed by atoms with E-state index in [0.717, 1.165) is 29.6 Å². The van der Waals surface area contributed by atoms with Crippen molar-refractivity contribution in [1.82, 2.24) is 9.88 Å². The minimum atomic E-state index is 0.144. The molecule has 1 N–H and O–H groups in total. The van der Waals surface area contributed by atoms with Gasteiger partial charge in [-0.25, -0.2) is 0 Å². The van der Waals surface area contributed by atoms with Gasteiger partial charge in [-0.2, -0.15) is 0 Å². The van der Waals surface area contributed by atoms with Crippen LogP contribution in [0.4, 0.5) is 0 Å². The van der Waals surface area contributed by atoms with Gasteiger partial charge in [0, 0.05) is 23.5 Å². The van der Waals surface area contributed by atoms with Gasteiger partial charge in [-0.3, -0.25) is 4.79 Å². The molecule has 0 radical (unpaired) electrons. The molecule has 1 aliphatic heterocycles. The molecule has 1 aromatic carbocycles. The van der Waals surface area contributed by atoms with E-state index in [1.54, 1.807) is 0 Å². The number of aryl methyl sites for hydroxylation is 1. The van der Waals surface area contributed by atoms with Crippen LogP contribution in [-0.4, -0.2) is 28.4 Å². The largest absolute Gasteiger partial charge is 0.351 e. The highest BCUT2D eigenvalue weighted by Crippen LogP contribution is 2.24. The molecule has 2 heterocycles. The summed E-state index contributed by atoms with van der Waals surface area (Å²) in [4.78, 5) is 18.2. The highest BCUT2D eigenvalue weighted by atomic mass is 16.2. The molecule has 0 unspecified atom stereocenters. The zero-order valence-corrected chi connectivity index (χ0v) is 13.1. The predicted octanol–water partition coefficient (Wildman–Crippen LogP) is 4.13. The molecule has 2 atom stereocenters. The molecule has 1 saturated heterocycles. The Kier molecular flexibility index (Phi) is 3.75. The van der Waals surface area contributed by atoms with Crippen molar-refractivity contribution in [2.75, 3.05) is 6.54 Å². The smallest absolute Gasteiger partial charge is 0.270 e. The van der Waals surface area contributed by atoms with E-state index >= 15 is 0 Å². The van der Waals surface area contributed by atoms with Gasteiger partial charge in [-0.1, -0.05) is 25.5 Å². The van der Waals surface area contributed by atoms with Crippen LogP contribution in [0.2, 0.25) is 0 Å². The third-order valence-corrected chi connectivity index (χ3v) is 4.63.